The Morgan fingerprint density at radius 1 is 1.42 bits per heavy atom. The van der Waals surface area contributed by atoms with Crippen molar-refractivity contribution < 1.29 is 9.53 Å². The number of carbonyl (C=O) groups is 1. The van der Waals surface area contributed by atoms with E-state index in [1.807, 2.05) is 0 Å². The van der Waals surface area contributed by atoms with Crippen molar-refractivity contribution in [3.05, 3.63) is 0 Å². The summed E-state index contributed by atoms with van der Waals surface area (Å²) >= 11 is 17.3. The predicted octanol–water partition coefficient (Wildman–Crippen LogP) is 2.39. The third-order valence-corrected chi connectivity index (χ3v) is 3.01. The molecule has 0 saturated carbocycles. The van der Waals surface area contributed by atoms with Crippen LogP contribution in [-0.2, 0) is 9.53 Å². The smallest absolute Gasteiger partial charge is 0.307 e. The van der Waals surface area contributed by atoms with Gasteiger partial charge < -0.3 is 4.74 Å². The van der Waals surface area contributed by atoms with Gasteiger partial charge in [-0.15, -0.1) is 34.8 Å². The topological polar surface area (TPSA) is 26.3 Å². The molecule has 0 spiro atoms. The lowest BCUT2D eigenvalue weighted by Crippen LogP contribution is -2.26. The quantitative estimate of drug-likeness (QED) is 0.550. The van der Waals surface area contributed by atoms with Crippen LogP contribution in [0.1, 0.15) is 13.3 Å². The number of ether oxygens (including phenoxy) is 1. The van der Waals surface area contributed by atoms with E-state index in [9.17, 15) is 4.79 Å². The molecule has 0 saturated heterocycles. The summed E-state index contributed by atoms with van der Waals surface area (Å²) in [5, 5.41) is -1.17. The summed E-state index contributed by atoms with van der Waals surface area (Å²) < 4.78 is 4.43. The summed E-state index contributed by atoms with van der Waals surface area (Å²) in [5.74, 6) is -0.377. The largest absolute Gasteiger partial charge is 0.469 e. The van der Waals surface area contributed by atoms with E-state index in [1.165, 1.54) is 7.11 Å². The van der Waals surface area contributed by atoms with Crippen LogP contribution in [0.25, 0.3) is 0 Å². The first-order valence-corrected chi connectivity index (χ1v) is 4.79. The van der Waals surface area contributed by atoms with Crippen LogP contribution in [0, 0.1) is 0 Å². The number of hydrogen-bond donors (Lipinski definition) is 0. The number of alkyl halides is 3. The highest BCUT2D eigenvalue weighted by Gasteiger charge is 2.24. The molecular formula is C7H11Cl3O2. The zero-order valence-corrected chi connectivity index (χ0v) is 9.16. The highest BCUT2D eigenvalue weighted by molar-refractivity contribution is 6.35. The first kappa shape index (κ1) is 12.3. The number of rotatable bonds is 4. The van der Waals surface area contributed by atoms with Gasteiger partial charge in [0.25, 0.3) is 0 Å². The normalized spacial score (nSPS) is 18.1. The highest BCUT2D eigenvalue weighted by Crippen LogP contribution is 2.20. The molecule has 3 unspecified atom stereocenters. The van der Waals surface area contributed by atoms with E-state index >= 15 is 0 Å². The summed E-state index contributed by atoms with van der Waals surface area (Å²) in [4.78, 5) is 10.7. The number of carbonyl (C=O) groups excluding carboxylic acids is 1. The van der Waals surface area contributed by atoms with E-state index in [0.717, 1.165) is 0 Å². The Morgan fingerprint density at radius 2 is 1.92 bits per heavy atom. The number of hydrogen-bond acceptors (Lipinski definition) is 2. The fourth-order valence-electron chi connectivity index (χ4n) is 0.643. The second-order valence-electron chi connectivity index (χ2n) is 2.42. The molecular weight excluding hydrogens is 222 g/mol. The van der Waals surface area contributed by atoms with Crippen molar-refractivity contribution in [3.63, 3.8) is 0 Å². The van der Waals surface area contributed by atoms with E-state index in [0.29, 0.717) is 0 Å². The molecule has 0 N–H and O–H groups in total. The Labute approximate surface area is 87.1 Å². The first-order valence-electron chi connectivity index (χ1n) is 3.48. The Hall–Kier alpha value is 0.340. The molecule has 0 radical (unpaired) electrons. The summed E-state index contributed by atoms with van der Waals surface area (Å²) in [5.41, 5.74) is 0. The van der Waals surface area contributed by atoms with Crippen LogP contribution >= 0.6 is 34.8 Å². The minimum absolute atomic E-state index is 0.0866. The summed E-state index contributed by atoms with van der Waals surface area (Å²) in [6, 6.07) is 0. The van der Waals surface area contributed by atoms with Crippen LogP contribution < -0.4 is 0 Å². The van der Waals surface area contributed by atoms with Crippen molar-refractivity contribution >= 4 is 40.8 Å². The van der Waals surface area contributed by atoms with Gasteiger partial charge in [-0.25, -0.2) is 0 Å². The lowest BCUT2D eigenvalue weighted by atomic mass is 10.2. The minimum atomic E-state index is -0.480. The van der Waals surface area contributed by atoms with Gasteiger partial charge in [-0.3, -0.25) is 4.79 Å². The van der Waals surface area contributed by atoms with Crippen LogP contribution in [0.5, 0.6) is 0 Å². The van der Waals surface area contributed by atoms with Crippen LogP contribution in [0.3, 0.4) is 0 Å². The summed E-state index contributed by atoms with van der Waals surface area (Å²) in [6.07, 6.45) is 0.0866. The standard InChI is InChI=1S/C7H11Cl3O2/c1-4(8)7(10)5(9)3-6(11)12-2/h4-5,7H,3H2,1-2H3. The van der Waals surface area contributed by atoms with E-state index in [1.54, 1.807) is 6.92 Å². The molecule has 72 valence electrons. The average molecular weight is 234 g/mol. The van der Waals surface area contributed by atoms with Crippen molar-refractivity contribution in [2.24, 2.45) is 0 Å². The fraction of sp³-hybridized carbons (Fsp3) is 0.857. The van der Waals surface area contributed by atoms with Crippen molar-refractivity contribution in [2.45, 2.75) is 29.5 Å². The molecule has 0 heterocycles. The van der Waals surface area contributed by atoms with Gasteiger partial charge in [0.15, 0.2) is 0 Å². The predicted molar refractivity (Wildman–Crippen MR) is 51.2 cm³/mol. The SMILES string of the molecule is COC(=O)CC(Cl)C(Cl)C(C)Cl. The second kappa shape index (κ2) is 5.90. The Kier molecular flexibility index (Phi) is 6.06. The second-order valence-corrected chi connectivity index (χ2v) is 4.17. The van der Waals surface area contributed by atoms with Gasteiger partial charge in [-0.1, -0.05) is 0 Å². The monoisotopic (exact) mass is 232 g/mol. The summed E-state index contributed by atoms with van der Waals surface area (Å²) in [6.45, 7) is 1.73. The molecule has 0 fully saturated rings. The van der Waals surface area contributed by atoms with Crippen molar-refractivity contribution in [1.29, 1.82) is 0 Å². The molecule has 12 heavy (non-hydrogen) atoms. The molecule has 0 aromatic carbocycles. The molecule has 0 amide bonds. The van der Waals surface area contributed by atoms with Crippen LogP contribution in [0.15, 0.2) is 0 Å². The fourth-order valence-corrected chi connectivity index (χ4v) is 1.33. The summed E-state index contributed by atoms with van der Waals surface area (Å²) in [7, 11) is 1.30. The molecule has 0 rings (SSSR count). The Balaban J connectivity index is 3.86. The maximum atomic E-state index is 10.7. The van der Waals surface area contributed by atoms with Crippen LogP contribution in [0.4, 0.5) is 0 Å². The minimum Gasteiger partial charge on any atom is -0.469 e. The highest BCUT2D eigenvalue weighted by atomic mass is 35.5. The van der Waals surface area contributed by atoms with Crippen molar-refractivity contribution in [1.82, 2.24) is 0 Å². The maximum Gasteiger partial charge on any atom is 0.307 e. The van der Waals surface area contributed by atoms with E-state index in [-0.39, 0.29) is 17.8 Å². The van der Waals surface area contributed by atoms with Crippen molar-refractivity contribution in [2.75, 3.05) is 7.11 Å². The lowest BCUT2D eigenvalue weighted by molar-refractivity contribution is -0.140. The molecule has 0 aliphatic carbocycles. The molecule has 0 aromatic rings. The van der Waals surface area contributed by atoms with Crippen LogP contribution in [0.2, 0.25) is 0 Å². The number of esters is 1. The lowest BCUT2D eigenvalue weighted by Gasteiger charge is -2.16. The third-order valence-electron chi connectivity index (χ3n) is 1.37. The molecule has 0 bridgehead atoms. The van der Waals surface area contributed by atoms with E-state index in [4.69, 9.17) is 34.8 Å². The van der Waals surface area contributed by atoms with Gasteiger partial charge in [-0.2, -0.15) is 0 Å². The zero-order valence-electron chi connectivity index (χ0n) is 6.89. The maximum absolute atomic E-state index is 10.7. The van der Waals surface area contributed by atoms with E-state index < -0.39 is 10.8 Å². The van der Waals surface area contributed by atoms with Gasteiger partial charge in [0, 0.05) is 5.38 Å². The van der Waals surface area contributed by atoms with Gasteiger partial charge in [0.1, 0.15) is 0 Å². The van der Waals surface area contributed by atoms with Gasteiger partial charge in [-0.05, 0) is 6.92 Å². The molecule has 0 aliphatic rings. The van der Waals surface area contributed by atoms with Gasteiger partial charge >= 0.3 is 5.97 Å². The average Bonchev–Trinajstić information content (AvgIpc) is 2.02. The number of halogens is 3. The Bertz CT molecular complexity index is 150. The number of methoxy groups -OCH3 is 1. The third kappa shape index (κ3) is 4.39. The molecule has 2 nitrogen and oxygen atoms in total. The van der Waals surface area contributed by atoms with Crippen molar-refractivity contribution in [3.8, 4) is 0 Å². The van der Waals surface area contributed by atoms with Gasteiger partial charge in [0.2, 0.25) is 0 Å². The Morgan fingerprint density at radius 3 is 2.25 bits per heavy atom. The van der Waals surface area contributed by atoms with Crippen LogP contribution in [-0.4, -0.2) is 29.2 Å². The molecule has 5 heteroatoms. The first-order chi connectivity index (χ1) is 5.49. The van der Waals surface area contributed by atoms with Gasteiger partial charge in [0.05, 0.1) is 24.3 Å². The molecule has 0 aromatic heterocycles. The zero-order chi connectivity index (χ0) is 9.72. The molecule has 3 atom stereocenters. The van der Waals surface area contributed by atoms with E-state index in [2.05, 4.69) is 4.74 Å². The molecule has 0 aliphatic heterocycles.